The van der Waals surface area contributed by atoms with E-state index in [9.17, 15) is 22.8 Å². The second-order valence-corrected chi connectivity index (χ2v) is 10.2. The first-order valence-corrected chi connectivity index (χ1v) is 11.7. The highest BCUT2D eigenvalue weighted by Gasteiger charge is 2.55. The Kier molecular flexibility index (Phi) is 5.26. The number of alkyl halides is 3. The molecule has 3 amide bonds. The van der Waals surface area contributed by atoms with Crippen molar-refractivity contribution in [3.63, 3.8) is 0 Å². The van der Waals surface area contributed by atoms with Gasteiger partial charge in [0, 0.05) is 38.2 Å². The Labute approximate surface area is 193 Å². The van der Waals surface area contributed by atoms with Crippen molar-refractivity contribution < 1.29 is 22.8 Å². The van der Waals surface area contributed by atoms with E-state index >= 15 is 0 Å². The van der Waals surface area contributed by atoms with Gasteiger partial charge in [-0.1, -0.05) is 0 Å². The third-order valence-corrected chi connectivity index (χ3v) is 7.94. The zero-order chi connectivity index (χ0) is 23.4. The average Bonchev–Trinajstić information content (AvgIpc) is 3.12. The number of allylic oxidation sites excluding steroid dienone is 1. The highest BCUT2D eigenvalue weighted by molar-refractivity contribution is 7.13. The number of aromatic nitrogens is 1. The van der Waals surface area contributed by atoms with Crippen molar-refractivity contribution >= 4 is 23.3 Å². The van der Waals surface area contributed by atoms with Crippen LogP contribution in [0.2, 0.25) is 0 Å². The molecule has 1 aliphatic carbocycles. The molecular weight excluding hydrogens is 455 g/mol. The number of dihydropyridines is 1. The van der Waals surface area contributed by atoms with Crippen LogP contribution in [0.1, 0.15) is 39.6 Å². The molecule has 4 heterocycles. The maximum Gasteiger partial charge on any atom is 0.435 e. The standard InChI is InChI=1S/C22H24F3N5O2S/c1-13-28-18(22(23,24)25)17(33-13)19(31)29-6-3-21(4-7-29)8-16(21)10-27-20(32)30-11-14-2-5-26-9-15(14)12-30/h2,5,9,11,16,26H,3-4,6-8,10,12H2,1H3,(H,27,32). The Balaban J connectivity index is 1.13. The number of piperidine rings is 1. The number of nitrogens with zero attached hydrogens (tertiary/aromatic N) is 3. The number of urea groups is 1. The molecule has 33 heavy (non-hydrogen) atoms. The predicted octanol–water partition coefficient (Wildman–Crippen LogP) is 3.62. The summed E-state index contributed by atoms with van der Waals surface area (Å²) in [6.07, 6.45) is 5.25. The van der Waals surface area contributed by atoms with Gasteiger partial charge in [-0.25, -0.2) is 9.78 Å². The van der Waals surface area contributed by atoms with E-state index in [-0.39, 0.29) is 21.3 Å². The van der Waals surface area contributed by atoms with Gasteiger partial charge in [-0.2, -0.15) is 13.2 Å². The first kappa shape index (κ1) is 22.0. The largest absolute Gasteiger partial charge is 0.435 e. The summed E-state index contributed by atoms with van der Waals surface area (Å²) >= 11 is 0.799. The van der Waals surface area contributed by atoms with Gasteiger partial charge in [0.25, 0.3) is 5.91 Å². The lowest BCUT2D eigenvalue weighted by Gasteiger charge is -2.33. The molecule has 2 fully saturated rings. The zero-order valence-electron chi connectivity index (χ0n) is 18.0. The van der Waals surface area contributed by atoms with Crippen LogP contribution in [0.5, 0.6) is 0 Å². The Morgan fingerprint density at radius 3 is 2.79 bits per heavy atom. The number of hydrogen-bond acceptors (Lipinski definition) is 5. The van der Waals surface area contributed by atoms with Crippen molar-refractivity contribution in [1.82, 2.24) is 25.4 Å². The summed E-state index contributed by atoms with van der Waals surface area (Å²) < 4.78 is 39.7. The summed E-state index contributed by atoms with van der Waals surface area (Å²) in [5.74, 6) is -0.261. The summed E-state index contributed by atoms with van der Waals surface area (Å²) in [6.45, 7) is 3.41. The minimum atomic E-state index is -4.64. The third-order valence-electron chi connectivity index (χ3n) is 6.99. The van der Waals surface area contributed by atoms with Crippen molar-refractivity contribution in [3.05, 3.63) is 51.4 Å². The molecule has 0 radical (unpaired) electrons. The number of carbonyl (C=O) groups is 2. The van der Waals surface area contributed by atoms with Crippen LogP contribution in [0.25, 0.3) is 0 Å². The molecular formula is C22H24F3N5O2S. The van der Waals surface area contributed by atoms with Crippen molar-refractivity contribution in [2.45, 2.75) is 32.4 Å². The van der Waals surface area contributed by atoms with Crippen molar-refractivity contribution in [2.75, 3.05) is 26.2 Å². The van der Waals surface area contributed by atoms with E-state index in [0.717, 1.165) is 41.7 Å². The van der Waals surface area contributed by atoms with Crippen LogP contribution in [-0.2, 0) is 6.18 Å². The van der Waals surface area contributed by atoms with Gasteiger partial charge in [0.2, 0.25) is 0 Å². The molecule has 0 aromatic carbocycles. The average molecular weight is 480 g/mol. The molecule has 0 bridgehead atoms. The molecule has 176 valence electrons. The van der Waals surface area contributed by atoms with Crippen LogP contribution in [0.15, 0.2) is 35.8 Å². The van der Waals surface area contributed by atoms with Gasteiger partial charge in [-0.15, -0.1) is 11.3 Å². The topological polar surface area (TPSA) is 77.6 Å². The highest BCUT2D eigenvalue weighted by Crippen LogP contribution is 2.59. The fraction of sp³-hybridized carbons (Fsp3) is 0.500. The van der Waals surface area contributed by atoms with Gasteiger partial charge in [0.15, 0.2) is 5.69 Å². The van der Waals surface area contributed by atoms with Crippen LogP contribution in [0.3, 0.4) is 0 Å². The number of likely N-dealkylation sites (tertiary alicyclic amines) is 1. The second kappa shape index (κ2) is 7.89. The molecule has 11 heteroatoms. The van der Waals surface area contributed by atoms with Crippen molar-refractivity contribution in [2.24, 2.45) is 11.3 Å². The van der Waals surface area contributed by atoms with Gasteiger partial charge < -0.3 is 15.5 Å². The minimum absolute atomic E-state index is 0.0627. The van der Waals surface area contributed by atoms with Crippen molar-refractivity contribution in [3.8, 4) is 0 Å². The highest BCUT2D eigenvalue weighted by atomic mass is 32.1. The smallest absolute Gasteiger partial charge is 0.367 e. The fourth-order valence-electron chi connectivity index (χ4n) is 4.98. The SMILES string of the molecule is Cc1nc(C(F)(F)F)c(C(=O)N2CCC3(CC2)CC3CNC(=O)N2C=C3C=CNC=C3C2)s1. The number of thiazole rings is 1. The van der Waals surface area contributed by atoms with Crippen LogP contribution in [-0.4, -0.2) is 52.9 Å². The fourth-order valence-corrected chi connectivity index (χ4v) is 5.88. The van der Waals surface area contributed by atoms with E-state index in [2.05, 4.69) is 15.6 Å². The zero-order valence-corrected chi connectivity index (χ0v) is 18.9. The quantitative estimate of drug-likeness (QED) is 0.694. The van der Waals surface area contributed by atoms with Gasteiger partial charge in [0.05, 0.1) is 11.6 Å². The molecule has 1 spiro atoms. The van der Waals surface area contributed by atoms with Crippen molar-refractivity contribution in [1.29, 1.82) is 0 Å². The Bertz CT molecular complexity index is 1080. The lowest BCUT2D eigenvalue weighted by Crippen LogP contribution is -2.41. The van der Waals surface area contributed by atoms with Crippen LogP contribution in [0.4, 0.5) is 18.0 Å². The van der Waals surface area contributed by atoms with E-state index in [1.54, 1.807) is 4.90 Å². The monoisotopic (exact) mass is 479 g/mol. The van der Waals surface area contributed by atoms with E-state index in [4.69, 9.17) is 0 Å². The molecule has 1 saturated carbocycles. The molecule has 1 aromatic heterocycles. The summed E-state index contributed by atoms with van der Waals surface area (Å²) in [7, 11) is 0. The van der Waals surface area contributed by atoms with E-state index < -0.39 is 17.8 Å². The maximum absolute atomic E-state index is 13.2. The summed E-state index contributed by atoms with van der Waals surface area (Å²) in [5, 5.41) is 6.26. The molecule has 1 saturated heterocycles. The number of halogens is 3. The third kappa shape index (κ3) is 4.14. The van der Waals surface area contributed by atoms with Crippen LogP contribution >= 0.6 is 11.3 Å². The van der Waals surface area contributed by atoms with E-state index in [0.29, 0.717) is 32.1 Å². The van der Waals surface area contributed by atoms with Gasteiger partial charge in [0.1, 0.15) is 4.88 Å². The molecule has 1 unspecified atom stereocenters. The number of aryl methyl sites for hydroxylation is 1. The summed E-state index contributed by atoms with van der Waals surface area (Å²) in [5.41, 5.74) is 1.07. The Hall–Kier alpha value is -2.82. The summed E-state index contributed by atoms with van der Waals surface area (Å²) in [4.78, 5) is 31.7. The predicted molar refractivity (Wildman–Crippen MR) is 116 cm³/mol. The number of rotatable bonds is 3. The molecule has 2 N–H and O–H groups in total. The lowest BCUT2D eigenvalue weighted by molar-refractivity contribution is -0.141. The Morgan fingerprint density at radius 2 is 2.09 bits per heavy atom. The number of amides is 3. The minimum Gasteiger partial charge on any atom is -0.367 e. The summed E-state index contributed by atoms with van der Waals surface area (Å²) in [6, 6.07) is -0.138. The van der Waals surface area contributed by atoms with Crippen LogP contribution in [0, 0.1) is 18.3 Å². The number of fused-ring (bicyclic) bond motifs is 1. The van der Waals surface area contributed by atoms with E-state index in [1.165, 1.54) is 11.8 Å². The first-order valence-electron chi connectivity index (χ1n) is 10.9. The maximum atomic E-state index is 13.2. The molecule has 1 aromatic rings. The number of nitrogens with one attached hydrogen (secondary N) is 2. The van der Waals surface area contributed by atoms with E-state index in [1.807, 2.05) is 24.7 Å². The molecule has 7 nitrogen and oxygen atoms in total. The van der Waals surface area contributed by atoms with Gasteiger partial charge >= 0.3 is 12.2 Å². The second-order valence-electron chi connectivity index (χ2n) is 9.03. The number of hydrogen-bond donors (Lipinski definition) is 2. The first-order chi connectivity index (χ1) is 15.7. The van der Waals surface area contributed by atoms with Gasteiger partial charge in [-0.05, 0) is 54.7 Å². The normalized spacial score (nSPS) is 23.1. The Morgan fingerprint density at radius 1 is 1.33 bits per heavy atom. The molecule has 1 atom stereocenters. The van der Waals surface area contributed by atoms with Gasteiger partial charge in [-0.3, -0.25) is 9.69 Å². The lowest BCUT2D eigenvalue weighted by atomic mass is 9.90. The number of carbonyl (C=O) groups excluding carboxylic acids is 2. The molecule has 5 rings (SSSR count). The molecule has 4 aliphatic rings. The molecule has 3 aliphatic heterocycles. The van der Waals surface area contributed by atoms with Crippen LogP contribution < -0.4 is 10.6 Å².